The second-order valence-corrected chi connectivity index (χ2v) is 6.76. The molecule has 0 aliphatic carbocycles. The highest BCUT2D eigenvalue weighted by molar-refractivity contribution is 5.96. The molecule has 158 valence electrons. The highest BCUT2D eigenvalue weighted by Crippen LogP contribution is 2.21. The number of carbonyl (C=O) groups is 3. The van der Waals surface area contributed by atoms with Crippen molar-refractivity contribution in [1.82, 2.24) is 15.2 Å². The Morgan fingerprint density at radius 1 is 1.07 bits per heavy atom. The molecule has 1 aliphatic rings. The zero-order valence-corrected chi connectivity index (χ0v) is 16.9. The monoisotopic (exact) mass is 411 g/mol. The number of nitrogens with one attached hydrogen (secondary N) is 1. The maximum Gasteiger partial charge on any atom is 0.307 e. The summed E-state index contributed by atoms with van der Waals surface area (Å²) in [7, 11) is 0. The molecule has 2 heterocycles. The number of benzene rings is 1. The van der Waals surface area contributed by atoms with E-state index in [9.17, 15) is 14.4 Å². The van der Waals surface area contributed by atoms with Crippen LogP contribution >= 0.6 is 0 Å². The van der Waals surface area contributed by atoms with Crippen molar-refractivity contribution in [2.45, 2.75) is 13.3 Å². The predicted molar refractivity (Wildman–Crippen MR) is 110 cm³/mol. The van der Waals surface area contributed by atoms with Crippen LogP contribution in [0.15, 0.2) is 42.7 Å². The molecule has 1 fully saturated rings. The Bertz CT molecular complexity index is 892. The number of morpholine rings is 1. The number of nitrogens with zero attached hydrogens (tertiary/aromatic N) is 2. The Labute approximate surface area is 175 Å². The fourth-order valence-corrected chi connectivity index (χ4v) is 3.09. The first-order chi connectivity index (χ1) is 14.6. The van der Waals surface area contributed by atoms with E-state index in [1.807, 2.05) is 12.1 Å². The van der Waals surface area contributed by atoms with Crippen molar-refractivity contribution in [3.63, 3.8) is 0 Å². The summed E-state index contributed by atoms with van der Waals surface area (Å²) in [5, 5.41) is 2.69. The lowest BCUT2D eigenvalue weighted by molar-refractivity contribution is -0.142. The third-order valence-electron chi connectivity index (χ3n) is 4.68. The van der Waals surface area contributed by atoms with Gasteiger partial charge in [0.15, 0.2) is 0 Å². The third kappa shape index (κ3) is 5.64. The molecule has 3 rings (SSSR count). The second kappa shape index (κ2) is 10.5. The molecule has 1 aromatic carbocycles. The fourth-order valence-electron chi connectivity index (χ4n) is 3.09. The standard InChI is InChI=1S/C22H25N3O5/c1-2-30-20(26)7-8-24-21(27)19-13-18(14-23-15-19)16-3-5-17(6-4-16)22(28)25-9-11-29-12-10-25/h3-6,13-15H,2,7-12H2,1H3,(H,24,27). The molecule has 8 heteroatoms. The molecule has 0 spiro atoms. The van der Waals surface area contributed by atoms with E-state index in [1.165, 1.54) is 6.20 Å². The largest absolute Gasteiger partial charge is 0.466 e. The van der Waals surface area contributed by atoms with Crippen molar-refractivity contribution >= 4 is 17.8 Å². The van der Waals surface area contributed by atoms with Crippen LogP contribution in [0.2, 0.25) is 0 Å². The molecule has 0 bridgehead atoms. The second-order valence-electron chi connectivity index (χ2n) is 6.76. The number of hydrogen-bond donors (Lipinski definition) is 1. The third-order valence-corrected chi connectivity index (χ3v) is 4.68. The molecule has 2 amide bonds. The van der Waals surface area contributed by atoms with Crippen molar-refractivity contribution in [3.05, 3.63) is 53.9 Å². The minimum Gasteiger partial charge on any atom is -0.466 e. The summed E-state index contributed by atoms with van der Waals surface area (Å²) >= 11 is 0. The van der Waals surface area contributed by atoms with Gasteiger partial charge in [0.2, 0.25) is 0 Å². The van der Waals surface area contributed by atoms with Crippen LogP contribution in [0.4, 0.5) is 0 Å². The first-order valence-electron chi connectivity index (χ1n) is 9.95. The fraction of sp³-hybridized carbons (Fsp3) is 0.364. The Morgan fingerprint density at radius 3 is 2.50 bits per heavy atom. The van der Waals surface area contributed by atoms with E-state index in [0.717, 1.165) is 11.1 Å². The van der Waals surface area contributed by atoms with E-state index in [4.69, 9.17) is 9.47 Å². The van der Waals surface area contributed by atoms with Crippen molar-refractivity contribution in [2.24, 2.45) is 0 Å². The molecule has 8 nitrogen and oxygen atoms in total. The smallest absolute Gasteiger partial charge is 0.307 e. The van der Waals surface area contributed by atoms with Gasteiger partial charge in [-0.2, -0.15) is 0 Å². The van der Waals surface area contributed by atoms with Gasteiger partial charge in [-0.15, -0.1) is 0 Å². The van der Waals surface area contributed by atoms with Crippen LogP contribution in [0.25, 0.3) is 11.1 Å². The maximum atomic E-state index is 12.6. The molecule has 1 saturated heterocycles. The molecular weight excluding hydrogens is 386 g/mol. The number of amides is 2. The quantitative estimate of drug-likeness (QED) is 0.699. The minimum atomic E-state index is -0.351. The molecule has 1 aromatic heterocycles. The van der Waals surface area contributed by atoms with Gasteiger partial charge < -0.3 is 19.7 Å². The van der Waals surface area contributed by atoms with Crippen LogP contribution in [0.1, 0.15) is 34.1 Å². The van der Waals surface area contributed by atoms with Crippen molar-refractivity contribution < 1.29 is 23.9 Å². The molecule has 0 saturated carbocycles. The summed E-state index contributed by atoms with van der Waals surface area (Å²) in [6.07, 6.45) is 3.25. The van der Waals surface area contributed by atoms with Gasteiger partial charge in [-0.3, -0.25) is 19.4 Å². The van der Waals surface area contributed by atoms with Crippen molar-refractivity contribution in [2.75, 3.05) is 39.5 Å². The Kier molecular flexibility index (Phi) is 7.51. The Hall–Kier alpha value is -3.26. The number of aromatic nitrogens is 1. The summed E-state index contributed by atoms with van der Waals surface area (Å²) in [6.45, 7) is 4.55. The van der Waals surface area contributed by atoms with Gasteiger partial charge in [0.1, 0.15) is 0 Å². The van der Waals surface area contributed by atoms with Gasteiger partial charge in [0, 0.05) is 43.2 Å². The summed E-state index contributed by atoms with van der Waals surface area (Å²) in [5.41, 5.74) is 2.62. The van der Waals surface area contributed by atoms with Crippen LogP contribution in [-0.2, 0) is 14.3 Å². The molecule has 1 N–H and O–H groups in total. The van der Waals surface area contributed by atoms with E-state index in [1.54, 1.807) is 36.2 Å². The molecule has 2 aromatic rings. The number of hydrogen-bond acceptors (Lipinski definition) is 6. The van der Waals surface area contributed by atoms with Gasteiger partial charge in [-0.25, -0.2) is 0 Å². The Morgan fingerprint density at radius 2 is 1.80 bits per heavy atom. The summed E-state index contributed by atoms with van der Waals surface area (Å²) in [5.74, 6) is -0.679. The van der Waals surface area contributed by atoms with Gasteiger partial charge in [0.05, 0.1) is 31.8 Å². The summed E-state index contributed by atoms with van der Waals surface area (Å²) in [4.78, 5) is 42.2. The maximum absolute atomic E-state index is 12.6. The molecule has 1 aliphatic heterocycles. The Balaban J connectivity index is 1.63. The lowest BCUT2D eigenvalue weighted by Gasteiger charge is -2.26. The SMILES string of the molecule is CCOC(=O)CCNC(=O)c1cncc(-c2ccc(C(=O)N3CCOCC3)cc2)c1. The van der Waals surface area contributed by atoms with Gasteiger partial charge >= 0.3 is 5.97 Å². The first-order valence-corrected chi connectivity index (χ1v) is 9.95. The van der Waals surface area contributed by atoms with E-state index in [-0.39, 0.29) is 30.7 Å². The zero-order valence-electron chi connectivity index (χ0n) is 16.9. The van der Waals surface area contributed by atoms with Crippen LogP contribution < -0.4 is 5.32 Å². The molecule has 0 unspecified atom stereocenters. The lowest BCUT2D eigenvalue weighted by atomic mass is 10.0. The van der Waals surface area contributed by atoms with Gasteiger partial charge in [-0.1, -0.05) is 12.1 Å². The highest BCUT2D eigenvalue weighted by Gasteiger charge is 2.18. The zero-order chi connectivity index (χ0) is 21.3. The minimum absolute atomic E-state index is 0.0160. The highest BCUT2D eigenvalue weighted by atomic mass is 16.5. The number of pyridine rings is 1. The van der Waals surface area contributed by atoms with Crippen LogP contribution in [0.5, 0.6) is 0 Å². The van der Waals surface area contributed by atoms with E-state index in [0.29, 0.717) is 44.0 Å². The van der Waals surface area contributed by atoms with Crippen LogP contribution in [-0.4, -0.2) is 67.1 Å². The number of esters is 1. The molecular formula is C22H25N3O5. The van der Waals surface area contributed by atoms with Gasteiger partial charge in [0.25, 0.3) is 11.8 Å². The summed E-state index contributed by atoms with van der Waals surface area (Å²) < 4.78 is 10.1. The topological polar surface area (TPSA) is 97.8 Å². The number of rotatable bonds is 7. The van der Waals surface area contributed by atoms with Crippen molar-refractivity contribution in [3.8, 4) is 11.1 Å². The first kappa shape index (κ1) is 21.4. The van der Waals surface area contributed by atoms with Crippen LogP contribution in [0, 0.1) is 0 Å². The normalized spacial score (nSPS) is 13.6. The molecule has 0 atom stereocenters. The van der Waals surface area contributed by atoms with Crippen LogP contribution in [0.3, 0.4) is 0 Å². The van der Waals surface area contributed by atoms with Crippen molar-refractivity contribution in [1.29, 1.82) is 0 Å². The lowest BCUT2D eigenvalue weighted by Crippen LogP contribution is -2.40. The van der Waals surface area contributed by atoms with E-state index >= 15 is 0 Å². The number of carbonyl (C=O) groups excluding carboxylic acids is 3. The average molecular weight is 411 g/mol. The predicted octanol–water partition coefficient (Wildman–Crippen LogP) is 1.90. The number of ether oxygens (including phenoxy) is 2. The molecule has 30 heavy (non-hydrogen) atoms. The summed E-state index contributed by atoms with van der Waals surface area (Å²) in [6, 6.07) is 8.96. The van der Waals surface area contributed by atoms with E-state index in [2.05, 4.69) is 10.3 Å². The van der Waals surface area contributed by atoms with Gasteiger partial charge in [-0.05, 0) is 30.7 Å². The van der Waals surface area contributed by atoms with E-state index < -0.39 is 0 Å². The average Bonchev–Trinajstić information content (AvgIpc) is 2.79. The molecule has 0 radical (unpaired) electrons.